The molecular weight excluding hydrogens is 524 g/mol. The number of nitrogens with zero attached hydrogens (tertiary/aromatic N) is 1. The molecule has 41 heavy (non-hydrogen) atoms. The van der Waals surface area contributed by atoms with Crippen LogP contribution in [0.5, 0.6) is 5.75 Å². The number of hydrogen-bond donors (Lipinski definition) is 2. The maximum atomic E-state index is 12.8. The Morgan fingerprint density at radius 1 is 0.927 bits per heavy atom. The Hall–Kier alpha value is -3.85. The molecule has 1 amide bonds. The van der Waals surface area contributed by atoms with Gasteiger partial charge in [-0.3, -0.25) is 0 Å². The van der Waals surface area contributed by atoms with Crippen molar-refractivity contribution < 1.29 is 33.3 Å². The molecule has 3 aromatic rings. The van der Waals surface area contributed by atoms with Crippen LogP contribution in [0.1, 0.15) is 77.5 Å². The lowest BCUT2D eigenvalue weighted by atomic mass is 10.0. The minimum Gasteiger partial charge on any atom is -0.493 e. The van der Waals surface area contributed by atoms with Crippen LogP contribution in [0, 0.1) is 6.92 Å². The van der Waals surface area contributed by atoms with Crippen molar-refractivity contribution in [2.75, 3.05) is 6.61 Å². The van der Waals surface area contributed by atoms with Crippen molar-refractivity contribution in [3.05, 3.63) is 71.6 Å². The third kappa shape index (κ3) is 10.6. The molecule has 0 aliphatic carbocycles. The number of aliphatic hydroxyl groups excluding tert-OH is 1. The highest BCUT2D eigenvalue weighted by atomic mass is 16.6. The van der Waals surface area contributed by atoms with Gasteiger partial charge in [-0.05, 0) is 91.1 Å². The zero-order chi connectivity index (χ0) is 30.2. The lowest BCUT2D eigenvalue weighted by Gasteiger charge is -2.26. The number of esters is 1. The Kier molecular flexibility index (Phi) is 10.6. The van der Waals surface area contributed by atoms with E-state index < -0.39 is 35.4 Å². The number of aromatic nitrogens is 1. The largest absolute Gasteiger partial charge is 0.493 e. The average Bonchev–Trinajstić information content (AvgIpc) is 3.25. The molecule has 0 unspecified atom stereocenters. The summed E-state index contributed by atoms with van der Waals surface area (Å²) in [6, 6.07) is 15.9. The van der Waals surface area contributed by atoms with Crippen molar-refractivity contribution in [3.63, 3.8) is 0 Å². The smallest absolute Gasteiger partial charge is 0.408 e. The van der Waals surface area contributed by atoms with Gasteiger partial charge in [-0.15, -0.1) is 0 Å². The van der Waals surface area contributed by atoms with E-state index in [1.54, 1.807) is 65.8 Å². The fourth-order valence-electron chi connectivity index (χ4n) is 3.98. The maximum Gasteiger partial charge on any atom is 0.408 e. The highest BCUT2D eigenvalue weighted by molar-refractivity contribution is 5.81. The Bertz CT molecular complexity index is 1270. The molecule has 1 aromatic heterocycles. The minimum absolute atomic E-state index is 0.162. The second-order valence-electron chi connectivity index (χ2n) is 11.9. The molecule has 0 aliphatic heterocycles. The van der Waals surface area contributed by atoms with E-state index in [0.717, 1.165) is 17.0 Å². The van der Waals surface area contributed by atoms with E-state index in [-0.39, 0.29) is 12.8 Å². The topological polar surface area (TPSA) is 120 Å². The number of ether oxygens (including phenoxy) is 3. The van der Waals surface area contributed by atoms with Crippen molar-refractivity contribution in [2.24, 2.45) is 0 Å². The minimum atomic E-state index is -0.969. The lowest BCUT2D eigenvalue weighted by molar-refractivity contribution is -0.157. The van der Waals surface area contributed by atoms with Gasteiger partial charge in [-0.25, -0.2) is 14.6 Å². The maximum absolute atomic E-state index is 12.8. The van der Waals surface area contributed by atoms with E-state index in [0.29, 0.717) is 30.2 Å². The Labute approximate surface area is 242 Å². The van der Waals surface area contributed by atoms with Crippen LogP contribution in [0.2, 0.25) is 0 Å². The summed E-state index contributed by atoms with van der Waals surface area (Å²) >= 11 is 0. The predicted octanol–water partition coefficient (Wildman–Crippen LogP) is 6.32. The highest BCUT2D eigenvalue weighted by Gasteiger charge is 2.29. The number of aryl methyl sites for hydroxylation is 1. The van der Waals surface area contributed by atoms with Gasteiger partial charge in [0.15, 0.2) is 0 Å². The van der Waals surface area contributed by atoms with Gasteiger partial charge in [-0.1, -0.05) is 30.3 Å². The van der Waals surface area contributed by atoms with Gasteiger partial charge in [0.2, 0.25) is 5.89 Å². The summed E-state index contributed by atoms with van der Waals surface area (Å²) in [5.74, 6) is 1.42. The van der Waals surface area contributed by atoms with Gasteiger partial charge in [0.05, 0.1) is 18.4 Å². The SMILES string of the molecule is Cc1oc(-c2ccccc2)nc1CCOc1ccc([C@@H](O)CC[C@@H](NC(=O)OC(C)(C)C)C(=O)OC(C)(C)C)cc1. The summed E-state index contributed by atoms with van der Waals surface area (Å²) in [7, 11) is 0. The summed E-state index contributed by atoms with van der Waals surface area (Å²) in [4.78, 5) is 29.7. The van der Waals surface area contributed by atoms with Crippen LogP contribution in [0.15, 0.2) is 59.0 Å². The summed E-state index contributed by atoms with van der Waals surface area (Å²) < 4.78 is 22.5. The Morgan fingerprint density at radius 2 is 1.56 bits per heavy atom. The zero-order valence-corrected chi connectivity index (χ0v) is 25.0. The standard InChI is InChI=1S/C32H42N2O7/c1-21-25(33-28(39-21)23-11-9-8-10-12-23)19-20-38-24-15-13-22(14-16-24)27(35)18-17-26(29(36)40-31(2,3)4)34-30(37)41-32(5,6)7/h8-16,26-27,35H,17-20H2,1-7H3,(H,34,37)/t26-,27+/m1/s1. The molecule has 1 heterocycles. The number of hydrogen-bond acceptors (Lipinski definition) is 8. The molecule has 9 nitrogen and oxygen atoms in total. The van der Waals surface area contributed by atoms with Crippen molar-refractivity contribution in [1.82, 2.24) is 10.3 Å². The normalized spacial score (nSPS) is 13.3. The fraction of sp³-hybridized carbons (Fsp3) is 0.469. The summed E-state index contributed by atoms with van der Waals surface area (Å²) in [5, 5.41) is 13.4. The van der Waals surface area contributed by atoms with E-state index in [9.17, 15) is 14.7 Å². The third-order valence-corrected chi connectivity index (χ3v) is 5.90. The van der Waals surface area contributed by atoms with E-state index in [1.165, 1.54) is 0 Å². The molecule has 2 N–H and O–H groups in total. The number of rotatable bonds is 11. The zero-order valence-electron chi connectivity index (χ0n) is 25.0. The molecule has 0 aliphatic rings. The Morgan fingerprint density at radius 3 is 2.17 bits per heavy atom. The molecule has 222 valence electrons. The predicted molar refractivity (Wildman–Crippen MR) is 156 cm³/mol. The number of alkyl carbamates (subject to hydrolysis) is 1. The van der Waals surface area contributed by atoms with Crippen LogP contribution >= 0.6 is 0 Å². The average molecular weight is 567 g/mol. The quantitative estimate of drug-likeness (QED) is 0.259. The highest BCUT2D eigenvalue weighted by Crippen LogP contribution is 2.24. The van der Waals surface area contributed by atoms with Crippen LogP contribution in [-0.4, -0.2) is 46.0 Å². The van der Waals surface area contributed by atoms with Crippen LogP contribution in [0.4, 0.5) is 4.79 Å². The van der Waals surface area contributed by atoms with Gasteiger partial charge in [0, 0.05) is 12.0 Å². The third-order valence-electron chi connectivity index (χ3n) is 5.90. The van der Waals surface area contributed by atoms with E-state index in [4.69, 9.17) is 18.6 Å². The molecule has 0 fully saturated rings. The number of amides is 1. The number of carbonyl (C=O) groups is 2. The van der Waals surface area contributed by atoms with Gasteiger partial charge >= 0.3 is 12.1 Å². The number of benzene rings is 2. The second-order valence-corrected chi connectivity index (χ2v) is 11.9. The monoisotopic (exact) mass is 566 g/mol. The van der Waals surface area contributed by atoms with Gasteiger partial charge < -0.3 is 29.1 Å². The van der Waals surface area contributed by atoms with Crippen molar-refractivity contribution >= 4 is 12.1 Å². The summed E-state index contributed by atoms with van der Waals surface area (Å²) in [6.07, 6.45) is -0.612. The lowest BCUT2D eigenvalue weighted by Crippen LogP contribution is -2.46. The van der Waals surface area contributed by atoms with Crippen molar-refractivity contribution in [1.29, 1.82) is 0 Å². The number of nitrogens with one attached hydrogen (secondary N) is 1. The molecule has 0 saturated carbocycles. The molecule has 0 bridgehead atoms. The number of carbonyl (C=O) groups excluding carboxylic acids is 2. The summed E-state index contributed by atoms with van der Waals surface area (Å²) in [5.41, 5.74) is 0.989. The van der Waals surface area contributed by atoms with Crippen molar-refractivity contribution in [3.8, 4) is 17.2 Å². The first-order valence-corrected chi connectivity index (χ1v) is 13.8. The van der Waals surface area contributed by atoms with Gasteiger partial charge in [0.25, 0.3) is 0 Å². The van der Waals surface area contributed by atoms with Crippen LogP contribution in [0.25, 0.3) is 11.5 Å². The van der Waals surface area contributed by atoms with Gasteiger partial charge in [-0.2, -0.15) is 0 Å². The molecule has 2 aromatic carbocycles. The molecule has 9 heteroatoms. The van der Waals surface area contributed by atoms with E-state index in [1.807, 2.05) is 37.3 Å². The fourth-order valence-corrected chi connectivity index (χ4v) is 3.98. The van der Waals surface area contributed by atoms with E-state index >= 15 is 0 Å². The molecule has 0 radical (unpaired) electrons. The first kappa shape index (κ1) is 31.7. The summed E-state index contributed by atoms with van der Waals surface area (Å²) in [6.45, 7) is 12.8. The molecule has 3 rings (SSSR count). The molecule has 2 atom stereocenters. The Balaban J connectivity index is 1.53. The molecular formula is C32H42N2O7. The first-order valence-electron chi connectivity index (χ1n) is 13.8. The molecule has 0 spiro atoms. The number of aliphatic hydroxyl groups is 1. The van der Waals surface area contributed by atoms with Crippen LogP contribution in [-0.2, 0) is 20.7 Å². The first-order chi connectivity index (χ1) is 19.2. The van der Waals surface area contributed by atoms with Crippen LogP contribution < -0.4 is 10.1 Å². The second kappa shape index (κ2) is 13.7. The van der Waals surface area contributed by atoms with Crippen molar-refractivity contribution in [2.45, 2.75) is 91.1 Å². The van der Waals surface area contributed by atoms with Gasteiger partial charge in [0.1, 0.15) is 28.8 Å². The number of oxazole rings is 1. The molecule has 0 saturated heterocycles. The van der Waals surface area contributed by atoms with Crippen LogP contribution in [0.3, 0.4) is 0 Å². The van der Waals surface area contributed by atoms with E-state index in [2.05, 4.69) is 10.3 Å².